The van der Waals surface area contributed by atoms with Gasteiger partial charge in [0.15, 0.2) is 0 Å². The molecule has 3 heteroatoms. The van der Waals surface area contributed by atoms with Gasteiger partial charge < -0.3 is 12.2 Å². The number of hydrogen-bond donors (Lipinski definition) is 0. The van der Waals surface area contributed by atoms with Crippen LogP contribution in [0.4, 0.5) is 0 Å². The summed E-state index contributed by atoms with van der Waals surface area (Å²) < 4.78 is 2.46. The lowest BCUT2D eigenvalue weighted by Crippen LogP contribution is -2.34. The monoisotopic (exact) mass is 366 g/mol. The first-order chi connectivity index (χ1) is 11.9. The highest BCUT2D eigenvalue weighted by Gasteiger charge is 2.33. The minimum atomic E-state index is -2.02. The molecule has 0 fully saturated rings. The van der Waals surface area contributed by atoms with Crippen molar-refractivity contribution in [1.82, 2.24) is 4.67 Å². The van der Waals surface area contributed by atoms with E-state index in [0.717, 1.165) is 5.57 Å². The van der Waals surface area contributed by atoms with Crippen molar-refractivity contribution >= 4 is 30.0 Å². The lowest BCUT2D eigenvalue weighted by Gasteiger charge is -2.44. The molecule has 0 N–H and O–H groups in total. The molecule has 0 saturated heterocycles. The van der Waals surface area contributed by atoms with Gasteiger partial charge in [0.2, 0.25) is 0 Å². The quantitative estimate of drug-likeness (QED) is 0.342. The molecule has 0 amide bonds. The van der Waals surface area contributed by atoms with E-state index in [1.807, 2.05) is 0 Å². The second kappa shape index (κ2) is 7.50. The van der Waals surface area contributed by atoms with E-state index in [1.54, 1.807) is 0 Å². The Bertz CT molecular complexity index is 715. The zero-order valence-corrected chi connectivity index (χ0v) is 17.0. The fraction of sp³-hybridized carbons (Fsp3) is 0.273. The van der Waals surface area contributed by atoms with Gasteiger partial charge in [-0.25, -0.2) is 0 Å². The highest BCUT2D eigenvalue weighted by Crippen LogP contribution is 2.71. The number of benzene rings is 2. The first-order valence-electron chi connectivity index (χ1n) is 8.80. The summed E-state index contributed by atoms with van der Waals surface area (Å²) in [5.41, 5.74) is 4.78. The second-order valence-corrected chi connectivity index (χ2v) is 10.8. The van der Waals surface area contributed by atoms with E-state index in [-0.39, 0.29) is 0 Å². The summed E-state index contributed by atoms with van der Waals surface area (Å²) in [6.07, 6.45) is 0. The van der Waals surface area contributed by atoms with Crippen molar-refractivity contribution in [3.8, 4) is 0 Å². The predicted octanol–water partition coefficient (Wildman–Crippen LogP) is 6.40. The van der Waals surface area contributed by atoms with Crippen LogP contribution in [-0.4, -0.2) is 16.8 Å². The molecule has 2 aromatic rings. The smallest absolute Gasteiger partial charge is 0.0367 e. The Hall–Kier alpha value is -1.34. The van der Waals surface area contributed by atoms with Gasteiger partial charge in [-0.3, -0.25) is 0 Å². The normalized spacial score (nSPS) is 20.3. The van der Waals surface area contributed by atoms with Crippen molar-refractivity contribution in [3.05, 3.63) is 83.4 Å². The Morgan fingerprint density at radius 2 is 1.28 bits per heavy atom. The van der Waals surface area contributed by atoms with Gasteiger partial charge in [-0.15, -0.1) is 23.3 Å². The Kier molecular flexibility index (Phi) is 5.53. The van der Waals surface area contributed by atoms with Crippen molar-refractivity contribution < 1.29 is 0 Å². The lowest BCUT2D eigenvalue weighted by atomic mass is 9.95. The van der Waals surface area contributed by atoms with E-state index in [9.17, 15) is 0 Å². The summed E-state index contributed by atoms with van der Waals surface area (Å²) in [7, 11) is 0. The lowest BCUT2D eigenvalue weighted by molar-refractivity contribution is 0.325. The van der Waals surface area contributed by atoms with Crippen molar-refractivity contribution in [2.75, 3.05) is 0 Å². The second-order valence-electron chi connectivity index (χ2n) is 6.95. The van der Waals surface area contributed by atoms with Crippen LogP contribution in [0.1, 0.15) is 38.8 Å². The van der Waals surface area contributed by atoms with E-state index in [2.05, 4.69) is 105 Å². The van der Waals surface area contributed by atoms with Crippen molar-refractivity contribution in [2.24, 2.45) is 0 Å². The zero-order valence-electron chi connectivity index (χ0n) is 15.3. The summed E-state index contributed by atoms with van der Waals surface area (Å²) in [6.45, 7) is 6.90. The average Bonchev–Trinajstić information content (AvgIpc) is 2.94. The number of rotatable bonds is 5. The molecule has 0 aliphatic carbocycles. The maximum atomic E-state index is 6.22. The molecule has 2 aromatic carbocycles. The SMILES string of the molecule is CC(C)N(C(C)C)[P+]1([S-])[C-]=C(c2ccccc2)C(c2ccccc2)=C1. The van der Waals surface area contributed by atoms with Crippen LogP contribution < -0.4 is 0 Å². The molecule has 1 aliphatic heterocycles. The van der Waals surface area contributed by atoms with Gasteiger partial charge >= 0.3 is 0 Å². The molecule has 130 valence electrons. The fourth-order valence-electron chi connectivity index (χ4n) is 3.56. The molecule has 1 heterocycles. The molecule has 1 atom stereocenters. The van der Waals surface area contributed by atoms with Gasteiger partial charge in [-0.1, -0.05) is 59.7 Å². The molecule has 1 aliphatic rings. The molecular formula is C22H25NPS-. The first-order valence-corrected chi connectivity index (χ1v) is 11.6. The van der Waals surface area contributed by atoms with Crippen LogP contribution in [0.3, 0.4) is 0 Å². The maximum Gasteiger partial charge on any atom is 0.0367 e. The summed E-state index contributed by atoms with van der Waals surface area (Å²) >= 11 is 6.22. The molecule has 3 rings (SSSR count). The van der Waals surface area contributed by atoms with Crippen LogP contribution >= 0.6 is 6.62 Å². The van der Waals surface area contributed by atoms with Gasteiger partial charge in [0.25, 0.3) is 0 Å². The molecule has 0 spiro atoms. The minimum absolute atomic E-state index is 0.390. The average molecular weight is 366 g/mol. The standard InChI is InChI=1S/C22H25NPS/c1-17(2)23(18(3)4)24(25)15-21(19-11-7-5-8-12-19)22(16-24)20-13-9-6-10-14-20/h5-15,17-18H,1-4H3/q-1. The molecule has 1 unspecified atom stereocenters. The molecule has 0 aromatic heterocycles. The third-order valence-corrected chi connectivity index (χ3v) is 8.31. The van der Waals surface area contributed by atoms with E-state index < -0.39 is 6.62 Å². The van der Waals surface area contributed by atoms with Crippen molar-refractivity contribution in [2.45, 2.75) is 39.8 Å². The van der Waals surface area contributed by atoms with Gasteiger partial charge in [0, 0.05) is 17.9 Å². The Balaban J connectivity index is 2.16. The fourth-order valence-corrected chi connectivity index (χ4v) is 8.17. The molecule has 1 nitrogen and oxygen atoms in total. The third kappa shape index (κ3) is 3.77. The van der Waals surface area contributed by atoms with Crippen LogP contribution in [0.15, 0.2) is 66.5 Å². The molecule has 0 saturated carbocycles. The highest BCUT2D eigenvalue weighted by molar-refractivity contribution is 8.43. The maximum absolute atomic E-state index is 6.22. The summed E-state index contributed by atoms with van der Waals surface area (Å²) in [6, 6.07) is 21.9. The number of nitrogens with zero attached hydrogens (tertiary/aromatic N) is 1. The van der Waals surface area contributed by atoms with Crippen molar-refractivity contribution in [1.29, 1.82) is 0 Å². The van der Waals surface area contributed by atoms with Gasteiger partial charge in [-0.2, -0.15) is 4.67 Å². The first kappa shape index (κ1) is 18.5. The molecular weight excluding hydrogens is 341 g/mol. The van der Waals surface area contributed by atoms with Gasteiger partial charge in [-0.05, 0) is 40.1 Å². The highest BCUT2D eigenvalue weighted by atomic mass is 32.7. The predicted molar refractivity (Wildman–Crippen MR) is 114 cm³/mol. The minimum Gasteiger partial charge on any atom is -0.541 e. The van der Waals surface area contributed by atoms with E-state index in [1.165, 1.54) is 16.7 Å². The van der Waals surface area contributed by atoms with E-state index in [0.29, 0.717) is 12.1 Å². The van der Waals surface area contributed by atoms with Crippen LogP contribution in [0.25, 0.3) is 11.1 Å². The van der Waals surface area contributed by atoms with Crippen LogP contribution in [-0.2, 0) is 12.2 Å². The van der Waals surface area contributed by atoms with Crippen LogP contribution in [0.5, 0.6) is 0 Å². The number of allylic oxidation sites excluding steroid dienone is 2. The molecule has 25 heavy (non-hydrogen) atoms. The number of hydrogen-bond acceptors (Lipinski definition) is 2. The molecule has 0 radical (unpaired) electrons. The van der Waals surface area contributed by atoms with Gasteiger partial charge in [0.05, 0.1) is 0 Å². The Morgan fingerprint density at radius 1 is 0.800 bits per heavy atom. The molecule has 0 bridgehead atoms. The topological polar surface area (TPSA) is 3.24 Å². The summed E-state index contributed by atoms with van der Waals surface area (Å²) in [5, 5.41) is 0. The Labute approximate surface area is 158 Å². The summed E-state index contributed by atoms with van der Waals surface area (Å²) in [5.74, 6) is 6.09. The third-order valence-electron chi connectivity index (χ3n) is 4.39. The van der Waals surface area contributed by atoms with E-state index >= 15 is 0 Å². The zero-order chi connectivity index (χ0) is 18.0. The van der Waals surface area contributed by atoms with Crippen molar-refractivity contribution in [3.63, 3.8) is 0 Å². The van der Waals surface area contributed by atoms with Crippen LogP contribution in [0, 0.1) is 5.82 Å². The van der Waals surface area contributed by atoms with E-state index in [4.69, 9.17) is 12.2 Å². The largest absolute Gasteiger partial charge is 0.541 e. The van der Waals surface area contributed by atoms with Crippen LogP contribution in [0.2, 0.25) is 0 Å². The Morgan fingerprint density at radius 3 is 1.76 bits per heavy atom. The summed E-state index contributed by atoms with van der Waals surface area (Å²) in [4.78, 5) is 0. The van der Waals surface area contributed by atoms with Gasteiger partial charge in [0.1, 0.15) is 0 Å².